The van der Waals surface area contributed by atoms with Crippen LogP contribution in [0.2, 0.25) is 0 Å². The Hall–Kier alpha value is -1.89. The first-order chi connectivity index (χ1) is 11.8. The Labute approximate surface area is 149 Å². The summed E-state index contributed by atoms with van der Waals surface area (Å²) in [5.41, 5.74) is 4.29. The van der Waals surface area contributed by atoms with Gasteiger partial charge >= 0.3 is 0 Å². The van der Waals surface area contributed by atoms with Crippen molar-refractivity contribution in [1.29, 1.82) is 0 Å². The van der Waals surface area contributed by atoms with Crippen LogP contribution in [0.3, 0.4) is 0 Å². The molecule has 3 rings (SSSR count). The fourth-order valence-corrected chi connectivity index (χ4v) is 4.00. The van der Waals surface area contributed by atoms with Gasteiger partial charge in [-0.2, -0.15) is 0 Å². The highest BCUT2D eigenvalue weighted by Crippen LogP contribution is 2.23. The van der Waals surface area contributed by atoms with E-state index in [9.17, 15) is 8.42 Å². The fraction of sp³-hybridized carbons (Fsp3) is 0.368. The summed E-state index contributed by atoms with van der Waals surface area (Å²) in [6, 6.07) is 11.0. The van der Waals surface area contributed by atoms with Gasteiger partial charge < -0.3 is 10.1 Å². The molecule has 0 spiro atoms. The molecule has 25 heavy (non-hydrogen) atoms. The normalized spacial score (nSPS) is 13.9. The largest absolute Gasteiger partial charge is 0.491 e. The topological polar surface area (TPSA) is 67.4 Å². The quantitative estimate of drug-likeness (QED) is 0.831. The van der Waals surface area contributed by atoms with Gasteiger partial charge in [-0.25, -0.2) is 13.1 Å². The van der Waals surface area contributed by atoms with Gasteiger partial charge in [0.25, 0.3) is 0 Å². The lowest BCUT2D eigenvalue weighted by molar-refractivity contribution is 0.240. The van der Waals surface area contributed by atoms with E-state index in [1.165, 1.54) is 11.1 Å². The predicted molar refractivity (Wildman–Crippen MR) is 98.0 cm³/mol. The highest BCUT2D eigenvalue weighted by Gasteiger charge is 2.16. The monoisotopic (exact) mass is 360 g/mol. The molecule has 6 heteroatoms. The van der Waals surface area contributed by atoms with Crippen molar-refractivity contribution in [2.75, 3.05) is 0 Å². The SMILES string of the molecule is Cc1cc(S(=O)(=O)NCc2ccc3c(c2)CNC3)ccc1OC(C)C. The van der Waals surface area contributed by atoms with Crippen molar-refractivity contribution in [3.8, 4) is 5.75 Å². The molecule has 134 valence electrons. The maximum atomic E-state index is 12.6. The summed E-state index contributed by atoms with van der Waals surface area (Å²) in [4.78, 5) is 0.254. The second kappa shape index (κ2) is 7.15. The summed E-state index contributed by atoms with van der Waals surface area (Å²) in [6.07, 6.45) is 0.0496. The smallest absolute Gasteiger partial charge is 0.240 e. The van der Waals surface area contributed by atoms with E-state index in [0.717, 1.165) is 24.2 Å². The molecule has 1 aliphatic heterocycles. The average molecular weight is 360 g/mol. The number of nitrogens with one attached hydrogen (secondary N) is 2. The van der Waals surface area contributed by atoms with Crippen molar-refractivity contribution in [2.24, 2.45) is 0 Å². The minimum atomic E-state index is -3.56. The summed E-state index contributed by atoms with van der Waals surface area (Å²) >= 11 is 0. The first-order valence-electron chi connectivity index (χ1n) is 8.43. The molecule has 0 unspecified atom stereocenters. The summed E-state index contributed by atoms with van der Waals surface area (Å²) in [6.45, 7) is 7.73. The second-order valence-corrected chi connectivity index (χ2v) is 8.39. The van der Waals surface area contributed by atoms with E-state index in [2.05, 4.69) is 22.2 Å². The lowest BCUT2D eigenvalue weighted by Gasteiger charge is -2.14. The Morgan fingerprint density at radius 1 is 1.12 bits per heavy atom. The van der Waals surface area contributed by atoms with Crippen LogP contribution < -0.4 is 14.8 Å². The molecule has 0 saturated heterocycles. The molecule has 0 fully saturated rings. The first kappa shape index (κ1) is 17.9. The van der Waals surface area contributed by atoms with E-state index in [1.54, 1.807) is 18.2 Å². The summed E-state index contributed by atoms with van der Waals surface area (Å²) in [5, 5.41) is 3.29. The summed E-state index contributed by atoms with van der Waals surface area (Å²) in [7, 11) is -3.56. The Balaban J connectivity index is 1.72. The molecular weight excluding hydrogens is 336 g/mol. The van der Waals surface area contributed by atoms with Gasteiger partial charge in [0.15, 0.2) is 0 Å². The van der Waals surface area contributed by atoms with Crippen molar-refractivity contribution < 1.29 is 13.2 Å². The van der Waals surface area contributed by atoms with Crippen LogP contribution >= 0.6 is 0 Å². The molecule has 0 saturated carbocycles. The number of aryl methyl sites for hydroxylation is 1. The van der Waals surface area contributed by atoms with E-state index in [1.807, 2.05) is 26.8 Å². The van der Waals surface area contributed by atoms with Crippen molar-refractivity contribution in [3.63, 3.8) is 0 Å². The third-order valence-electron chi connectivity index (χ3n) is 4.19. The number of ether oxygens (including phenoxy) is 1. The Morgan fingerprint density at radius 3 is 2.60 bits per heavy atom. The van der Waals surface area contributed by atoms with Crippen LogP contribution in [0.4, 0.5) is 0 Å². The van der Waals surface area contributed by atoms with Crippen molar-refractivity contribution in [1.82, 2.24) is 10.0 Å². The van der Waals surface area contributed by atoms with E-state index in [-0.39, 0.29) is 17.5 Å². The zero-order chi connectivity index (χ0) is 18.0. The van der Waals surface area contributed by atoms with Crippen molar-refractivity contribution >= 4 is 10.0 Å². The molecule has 2 aromatic rings. The van der Waals surface area contributed by atoms with E-state index in [0.29, 0.717) is 5.75 Å². The third-order valence-corrected chi connectivity index (χ3v) is 5.59. The molecule has 2 N–H and O–H groups in total. The maximum Gasteiger partial charge on any atom is 0.240 e. The van der Waals surface area contributed by atoms with E-state index in [4.69, 9.17) is 4.74 Å². The molecule has 0 amide bonds. The average Bonchev–Trinajstić information content (AvgIpc) is 3.02. The van der Waals surface area contributed by atoms with Crippen LogP contribution in [0, 0.1) is 6.92 Å². The number of fused-ring (bicyclic) bond motifs is 1. The molecule has 1 aliphatic rings. The molecule has 1 heterocycles. The van der Waals surface area contributed by atoms with Gasteiger partial charge in [-0.3, -0.25) is 0 Å². The molecule has 0 aromatic heterocycles. The van der Waals surface area contributed by atoms with Crippen LogP contribution in [0.5, 0.6) is 5.75 Å². The Kier molecular flexibility index (Phi) is 5.13. The number of hydrogen-bond acceptors (Lipinski definition) is 4. The van der Waals surface area contributed by atoms with E-state index < -0.39 is 10.0 Å². The van der Waals surface area contributed by atoms with Crippen LogP contribution in [0.15, 0.2) is 41.3 Å². The molecule has 0 aliphatic carbocycles. The minimum absolute atomic E-state index is 0.0496. The van der Waals surface area contributed by atoms with Crippen LogP contribution in [-0.2, 0) is 29.7 Å². The molecule has 0 atom stereocenters. The molecule has 5 nitrogen and oxygen atoms in total. The van der Waals surface area contributed by atoms with Crippen LogP contribution in [0.25, 0.3) is 0 Å². The fourth-order valence-electron chi connectivity index (χ4n) is 2.89. The molecular formula is C19H24N2O3S. The van der Waals surface area contributed by atoms with Gasteiger partial charge in [0.1, 0.15) is 5.75 Å². The second-order valence-electron chi connectivity index (χ2n) is 6.63. The Bertz CT molecular complexity index is 876. The lowest BCUT2D eigenvalue weighted by Crippen LogP contribution is -2.23. The lowest BCUT2D eigenvalue weighted by atomic mass is 10.1. The van der Waals surface area contributed by atoms with E-state index >= 15 is 0 Å². The third kappa shape index (κ3) is 4.21. The minimum Gasteiger partial charge on any atom is -0.491 e. The van der Waals surface area contributed by atoms with Gasteiger partial charge in [0.2, 0.25) is 10.0 Å². The van der Waals surface area contributed by atoms with Gasteiger partial charge in [-0.15, -0.1) is 0 Å². The summed E-state index contributed by atoms with van der Waals surface area (Å²) < 4.78 is 33.5. The van der Waals surface area contributed by atoms with Gasteiger partial charge in [-0.1, -0.05) is 18.2 Å². The number of benzene rings is 2. The Morgan fingerprint density at radius 2 is 1.88 bits per heavy atom. The number of sulfonamides is 1. The van der Waals surface area contributed by atoms with Crippen LogP contribution in [0.1, 0.15) is 36.1 Å². The zero-order valence-electron chi connectivity index (χ0n) is 14.8. The highest BCUT2D eigenvalue weighted by atomic mass is 32.2. The van der Waals surface area contributed by atoms with Crippen LogP contribution in [-0.4, -0.2) is 14.5 Å². The first-order valence-corrected chi connectivity index (χ1v) is 9.92. The standard InChI is InChI=1S/C19H24N2O3S/c1-13(2)24-19-7-6-18(8-14(19)3)25(22,23)21-10-15-4-5-16-11-20-12-17(16)9-15/h4-9,13,20-21H,10-12H2,1-3H3. The molecule has 0 bridgehead atoms. The predicted octanol–water partition coefficient (Wildman–Crippen LogP) is 2.86. The molecule has 2 aromatic carbocycles. The number of rotatable bonds is 6. The highest BCUT2D eigenvalue weighted by molar-refractivity contribution is 7.89. The van der Waals surface area contributed by atoms with Crippen molar-refractivity contribution in [2.45, 2.75) is 51.4 Å². The van der Waals surface area contributed by atoms with Gasteiger partial charge in [0, 0.05) is 19.6 Å². The zero-order valence-corrected chi connectivity index (χ0v) is 15.6. The van der Waals surface area contributed by atoms with Gasteiger partial charge in [-0.05, 0) is 61.2 Å². The van der Waals surface area contributed by atoms with Gasteiger partial charge in [0.05, 0.1) is 11.0 Å². The summed E-state index contributed by atoms with van der Waals surface area (Å²) in [5.74, 6) is 0.708. The maximum absolute atomic E-state index is 12.6. The number of hydrogen-bond donors (Lipinski definition) is 2. The molecule has 0 radical (unpaired) electrons. The van der Waals surface area contributed by atoms with Crippen molar-refractivity contribution in [3.05, 3.63) is 58.7 Å².